The smallest absolute Gasteiger partial charge is 0.421 e. The third-order valence-electron chi connectivity index (χ3n) is 2.47. The highest BCUT2D eigenvalue weighted by Crippen LogP contribution is 2.29. The molecule has 3 N–H and O–H groups in total. The van der Waals surface area contributed by atoms with Crippen LogP contribution >= 0.6 is 0 Å². The van der Waals surface area contributed by atoms with E-state index in [0.29, 0.717) is 0 Å². The second kappa shape index (κ2) is 4.84. The lowest BCUT2D eigenvalue weighted by atomic mass is 9.84. The summed E-state index contributed by atoms with van der Waals surface area (Å²) < 4.78 is 0. The molecule has 77 valence electrons. The van der Waals surface area contributed by atoms with E-state index in [1.807, 2.05) is 0 Å². The quantitative estimate of drug-likeness (QED) is 0.305. The molecule has 1 aliphatic carbocycles. The van der Waals surface area contributed by atoms with Crippen LogP contribution in [-0.2, 0) is 0 Å². The molecule has 1 amide bonds. The van der Waals surface area contributed by atoms with Gasteiger partial charge < -0.3 is 5.11 Å². The van der Waals surface area contributed by atoms with Crippen LogP contribution in [-0.4, -0.2) is 22.3 Å². The molecule has 14 heavy (non-hydrogen) atoms. The number of hydrazine groups is 1. The zero-order valence-electron chi connectivity index (χ0n) is 8.07. The maximum absolute atomic E-state index is 10.7. The average Bonchev–Trinajstić information content (AvgIpc) is 2.18. The number of hydrogen-bond acceptors (Lipinski definition) is 2. The van der Waals surface area contributed by atoms with Gasteiger partial charge >= 0.3 is 6.09 Å². The van der Waals surface area contributed by atoms with Gasteiger partial charge in [0.25, 0.3) is 0 Å². The van der Waals surface area contributed by atoms with Gasteiger partial charge in [0.2, 0.25) is 0 Å². The van der Waals surface area contributed by atoms with Crippen LogP contribution in [0, 0.1) is 5.92 Å². The van der Waals surface area contributed by atoms with Crippen LogP contribution in [0.2, 0.25) is 0 Å². The summed E-state index contributed by atoms with van der Waals surface area (Å²) in [6.07, 6.45) is 4.42. The van der Waals surface area contributed by atoms with Crippen molar-refractivity contribution >= 4 is 6.09 Å². The van der Waals surface area contributed by atoms with Crippen LogP contribution < -0.4 is 5.84 Å². The van der Waals surface area contributed by atoms with Crippen molar-refractivity contribution in [3.8, 4) is 0 Å². The van der Waals surface area contributed by atoms with Crippen LogP contribution in [0.5, 0.6) is 0 Å². The third-order valence-corrected chi connectivity index (χ3v) is 2.47. The fourth-order valence-corrected chi connectivity index (χ4v) is 1.77. The predicted molar refractivity (Wildman–Crippen MR) is 53.3 cm³/mol. The number of rotatable bonds is 2. The highest BCUT2D eigenvalue weighted by atomic mass is 16.4. The molecule has 1 unspecified atom stereocenters. The van der Waals surface area contributed by atoms with Gasteiger partial charge in [-0.05, 0) is 18.9 Å². The van der Waals surface area contributed by atoms with E-state index in [1.54, 1.807) is 6.08 Å². The molecule has 0 aliphatic heterocycles. The Bertz CT molecular complexity index is 259. The second-order valence-electron chi connectivity index (χ2n) is 3.37. The molecule has 0 spiro atoms. The van der Waals surface area contributed by atoms with Gasteiger partial charge in [-0.3, -0.25) is 0 Å². The fourth-order valence-electron chi connectivity index (χ4n) is 1.77. The highest BCUT2D eigenvalue weighted by molar-refractivity contribution is 5.65. The van der Waals surface area contributed by atoms with Crippen molar-refractivity contribution in [2.75, 3.05) is 0 Å². The monoisotopic (exact) mass is 195 g/mol. The standard InChI is InChI=1S/C10H15N2O2/c1-2-5-8-6-3-4-7-9(8)12(11)10(13)14/h5,9H,1,3-4,6-7,11H2,(H,13,14). The van der Waals surface area contributed by atoms with Crippen molar-refractivity contribution in [2.45, 2.75) is 31.7 Å². The number of nitrogens with zero attached hydrogens (tertiary/aromatic N) is 1. The molecule has 1 fully saturated rings. The predicted octanol–water partition coefficient (Wildman–Crippen LogP) is 1.70. The Morgan fingerprint density at radius 1 is 1.71 bits per heavy atom. The molecule has 0 bridgehead atoms. The summed E-state index contributed by atoms with van der Waals surface area (Å²) in [7, 11) is 0. The molecule has 0 saturated heterocycles. The van der Waals surface area contributed by atoms with Crippen molar-refractivity contribution in [1.29, 1.82) is 0 Å². The Hall–Kier alpha value is -1.25. The minimum absolute atomic E-state index is 0.199. The van der Waals surface area contributed by atoms with E-state index >= 15 is 0 Å². The second-order valence-corrected chi connectivity index (χ2v) is 3.37. The molecule has 0 aromatic heterocycles. The third kappa shape index (κ3) is 2.37. The summed E-state index contributed by atoms with van der Waals surface area (Å²) in [6.45, 7) is 3.49. The molecule has 1 rings (SSSR count). The molecule has 1 radical (unpaired) electrons. The minimum atomic E-state index is -1.09. The van der Waals surface area contributed by atoms with Gasteiger partial charge in [-0.2, -0.15) is 0 Å². The van der Waals surface area contributed by atoms with Crippen LogP contribution in [0.1, 0.15) is 25.7 Å². The molecular formula is C10H15N2O2. The number of carboxylic acid groups (broad SMARTS) is 1. The van der Waals surface area contributed by atoms with Crippen LogP contribution in [0.15, 0.2) is 18.4 Å². The van der Waals surface area contributed by atoms with Crippen molar-refractivity contribution in [2.24, 2.45) is 5.84 Å². The normalized spacial score (nSPS) is 22.5. The first-order chi connectivity index (χ1) is 6.66. The Labute approximate surface area is 83.7 Å². The van der Waals surface area contributed by atoms with Crippen LogP contribution in [0.25, 0.3) is 0 Å². The van der Waals surface area contributed by atoms with Gasteiger partial charge in [0.05, 0.1) is 6.04 Å². The molecule has 0 aromatic carbocycles. The van der Waals surface area contributed by atoms with Gasteiger partial charge in [0, 0.05) is 5.92 Å². The average molecular weight is 195 g/mol. The minimum Gasteiger partial charge on any atom is -0.464 e. The van der Waals surface area contributed by atoms with E-state index in [-0.39, 0.29) is 6.04 Å². The molecule has 1 saturated carbocycles. The van der Waals surface area contributed by atoms with Crippen molar-refractivity contribution in [3.05, 3.63) is 24.3 Å². The zero-order chi connectivity index (χ0) is 10.6. The lowest BCUT2D eigenvalue weighted by Crippen LogP contribution is -2.48. The first kappa shape index (κ1) is 10.8. The lowest BCUT2D eigenvalue weighted by Gasteiger charge is -2.33. The summed E-state index contributed by atoms with van der Waals surface area (Å²) in [5.41, 5.74) is 2.67. The number of nitrogens with two attached hydrogens (primary N) is 1. The summed E-state index contributed by atoms with van der Waals surface area (Å²) in [6, 6.07) is -0.199. The molecule has 1 atom stereocenters. The van der Waals surface area contributed by atoms with Gasteiger partial charge in [-0.1, -0.05) is 19.4 Å². The molecule has 4 heteroatoms. The SMILES string of the molecule is C=C=C[C]1CCCCC1N(N)C(=O)O. The molecule has 1 aliphatic rings. The van der Waals surface area contributed by atoms with E-state index in [4.69, 9.17) is 10.9 Å². The van der Waals surface area contributed by atoms with Gasteiger partial charge in [0.1, 0.15) is 0 Å². The Morgan fingerprint density at radius 2 is 2.43 bits per heavy atom. The molecule has 4 nitrogen and oxygen atoms in total. The molecule has 0 heterocycles. The zero-order valence-corrected chi connectivity index (χ0v) is 8.07. The Kier molecular flexibility index (Phi) is 3.74. The largest absolute Gasteiger partial charge is 0.464 e. The lowest BCUT2D eigenvalue weighted by molar-refractivity contribution is 0.120. The van der Waals surface area contributed by atoms with Crippen molar-refractivity contribution in [1.82, 2.24) is 5.01 Å². The highest BCUT2D eigenvalue weighted by Gasteiger charge is 2.30. The molecular weight excluding hydrogens is 180 g/mol. The Morgan fingerprint density at radius 3 is 3.00 bits per heavy atom. The first-order valence-corrected chi connectivity index (χ1v) is 4.65. The first-order valence-electron chi connectivity index (χ1n) is 4.65. The van der Waals surface area contributed by atoms with Crippen LogP contribution in [0.4, 0.5) is 4.79 Å². The van der Waals surface area contributed by atoms with E-state index < -0.39 is 6.09 Å². The summed E-state index contributed by atoms with van der Waals surface area (Å²) in [4.78, 5) is 10.7. The van der Waals surface area contributed by atoms with Crippen molar-refractivity contribution < 1.29 is 9.90 Å². The van der Waals surface area contributed by atoms with Crippen molar-refractivity contribution in [3.63, 3.8) is 0 Å². The topological polar surface area (TPSA) is 66.6 Å². The summed E-state index contributed by atoms with van der Waals surface area (Å²) in [5, 5.41) is 9.64. The van der Waals surface area contributed by atoms with Crippen LogP contribution in [0.3, 0.4) is 0 Å². The summed E-state index contributed by atoms with van der Waals surface area (Å²) in [5.74, 6) is 6.47. The van der Waals surface area contributed by atoms with Gasteiger partial charge in [-0.25, -0.2) is 15.6 Å². The Balaban J connectivity index is 2.71. The number of hydrogen-bond donors (Lipinski definition) is 2. The maximum Gasteiger partial charge on any atom is 0.421 e. The molecule has 0 aromatic rings. The van der Waals surface area contributed by atoms with E-state index in [9.17, 15) is 4.79 Å². The maximum atomic E-state index is 10.7. The fraction of sp³-hybridized carbons (Fsp3) is 0.500. The van der Waals surface area contributed by atoms with E-state index in [1.165, 1.54) is 0 Å². The number of amides is 1. The van der Waals surface area contributed by atoms with Gasteiger partial charge in [-0.15, -0.1) is 5.73 Å². The van der Waals surface area contributed by atoms with Gasteiger partial charge in [0.15, 0.2) is 0 Å². The van der Waals surface area contributed by atoms with E-state index in [2.05, 4.69) is 12.3 Å². The number of carbonyl (C=O) groups is 1. The van der Waals surface area contributed by atoms with E-state index in [0.717, 1.165) is 36.6 Å². The summed E-state index contributed by atoms with van der Waals surface area (Å²) >= 11 is 0.